The number of hydrogen-bond acceptors (Lipinski definition) is 2. The lowest BCUT2D eigenvalue weighted by atomic mass is 10.3. The van der Waals surface area contributed by atoms with Gasteiger partial charge in [-0.3, -0.25) is 0 Å². The molecule has 44 valence electrons. The Kier molecular flexibility index (Phi) is 4.04. The van der Waals surface area contributed by atoms with Crippen LogP contribution in [0.15, 0.2) is 0 Å². The van der Waals surface area contributed by atoms with Gasteiger partial charge in [-0.15, -0.1) is 0 Å². The quantitative estimate of drug-likeness (QED) is 0.535. The van der Waals surface area contributed by atoms with E-state index in [0.29, 0.717) is 0 Å². The van der Waals surface area contributed by atoms with Crippen molar-refractivity contribution in [1.82, 2.24) is 0 Å². The van der Waals surface area contributed by atoms with Gasteiger partial charge >= 0.3 is 0 Å². The zero-order valence-electron chi connectivity index (χ0n) is 4.85. The molecule has 0 rings (SSSR count). The first-order chi connectivity index (χ1) is 3.31. The third-order valence-electron chi connectivity index (χ3n) is 0.808. The standard InChI is InChI=1S/C5H12O2/c1-3-4-5(6)7-2/h5-6H,3-4H2,1-2H3. The number of aliphatic hydroxyl groups is 1. The van der Waals surface area contributed by atoms with Crippen LogP contribution < -0.4 is 0 Å². The minimum Gasteiger partial charge on any atom is -0.368 e. The SMILES string of the molecule is CCCC(O)OC. The molecule has 0 amide bonds. The van der Waals surface area contributed by atoms with Gasteiger partial charge in [0.1, 0.15) is 0 Å². The van der Waals surface area contributed by atoms with Gasteiger partial charge in [0.15, 0.2) is 6.29 Å². The van der Waals surface area contributed by atoms with Gasteiger partial charge in [-0.25, -0.2) is 0 Å². The topological polar surface area (TPSA) is 29.5 Å². The van der Waals surface area contributed by atoms with E-state index in [1.54, 1.807) is 0 Å². The molecule has 0 bridgehead atoms. The summed E-state index contributed by atoms with van der Waals surface area (Å²) in [5.41, 5.74) is 0. The highest BCUT2D eigenvalue weighted by atomic mass is 16.6. The Balaban J connectivity index is 2.83. The molecule has 0 aliphatic heterocycles. The number of ether oxygens (including phenoxy) is 1. The lowest BCUT2D eigenvalue weighted by molar-refractivity contribution is -0.0783. The minimum atomic E-state index is -0.551. The molecule has 0 radical (unpaired) electrons. The maximum atomic E-state index is 8.64. The smallest absolute Gasteiger partial charge is 0.154 e. The summed E-state index contributed by atoms with van der Waals surface area (Å²) >= 11 is 0. The van der Waals surface area contributed by atoms with Crippen molar-refractivity contribution in [3.8, 4) is 0 Å². The van der Waals surface area contributed by atoms with Gasteiger partial charge in [0.25, 0.3) is 0 Å². The maximum Gasteiger partial charge on any atom is 0.154 e. The molecule has 1 unspecified atom stereocenters. The van der Waals surface area contributed by atoms with E-state index in [9.17, 15) is 0 Å². The van der Waals surface area contributed by atoms with Crippen molar-refractivity contribution < 1.29 is 9.84 Å². The van der Waals surface area contributed by atoms with Crippen molar-refractivity contribution in [2.75, 3.05) is 7.11 Å². The van der Waals surface area contributed by atoms with Crippen molar-refractivity contribution in [1.29, 1.82) is 0 Å². The van der Waals surface area contributed by atoms with Crippen LogP contribution in [0.2, 0.25) is 0 Å². The molecular weight excluding hydrogens is 92.1 g/mol. The summed E-state index contributed by atoms with van der Waals surface area (Å²) in [6.45, 7) is 2.00. The van der Waals surface area contributed by atoms with Crippen LogP contribution in [0.25, 0.3) is 0 Å². The first-order valence-corrected chi connectivity index (χ1v) is 2.52. The Morgan fingerprint density at radius 2 is 2.29 bits per heavy atom. The Morgan fingerprint density at radius 1 is 1.71 bits per heavy atom. The summed E-state index contributed by atoms with van der Waals surface area (Å²) in [5.74, 6) is 0. The van der Waals surface area contributed by atoms with Crippen molar-refractivity contribution in [3.63, 3.8) is 0 Å². The molecule has 0 saturated carbocycles. The zero-order chi connectivity index (χ0) is 5.70. The lowest BCUT2D eigenvalue weighted by Gasteiger charge is -2.03. The molecule has 0 aliphatic carbocycles. The third kappa shape index (κ3) is 3.76. The normalized spacial score (nSPS) is 14.1. The molecule has 2 heteroatoms. The predicted molar refractivity (Wildman–Crippen MR) is 27.9 cm³/mol. The van der Waals surface area contributed by atoms with Crippen LogP contribution in [0.1, 0.15) is 19.8 Å². The summed E-state index contributed by atoms with van der Waals surface area (Å²) in [5, 5.41) is 8.64. The first kappa shape index (κ1) is 6.92. The van der Waals surface area contributed by atoms with Crippen molar-refractivity contribution in [2.45, 2.75) is 26.1 Å². The van der Waals surface area contributed by atoms with Crippen LogP contribution in [0.3, 0.4) is 0 Å². The van der Waals surface area contributed by atoms with Gasteiger partial charge in [0, 0.05) is 7.11 Å². The van der Waals surface area contributed by atoms with Gasteiger partial charge in [-0.05, 0) is 6.42 Å². The van der Waals surface area contributed by atoms with Crippen LogP contribution in [-0.4, -0.2) is 18.5 Å². The highest BCUT2D eigenvalue weighted by molar-refractivity contribution is 4.34. The molecule has 7 heavy (non-hydrogen) atoms. The summed E-state index contributed by atoms with van der Waals surface area (Å²) in [6.07, 6.45) is 1.15. The van der Waals surface area contributed by atoms with Gasteiger partial charge in [0.2, 0.25) is 0 Å². The Bertz CT molecular complexity index is 37.1. The molecule has 0 fully saturated rings. The van der Waals surface area contributed by atoms with Crippen molar-refractivity contribution in [3.05, 3.63) is 0 Å². The maximum absolute atomic E-state index is 8.64. The number of aliphatic hydroxyl groups excluding tert-OH is 1. The Morgan fingerprint density at radius 3 is 2.43 bits per heavy atom. The van der Waals surface area contributed by atoms with E-state index in [1.165, 1.54) is 7.11 Å². The minimum absolute atomic E-state index is 0.551. The average molecular weight is 104 g/mol. The fourth-order valence-electron chi connectivity index (χ4n) is 0.365. The predicted octanol–water partition coefficient (Wildman–Crippen LogP) is 0.751. The fraction of sp³-hybridized carbons (Fsp3) is 1.00. The van der Waals surface area contributed by atoms with Crippen LogP contribution in [0, 0.1) is 0 Å². The molecule has 0 spiro atoms. The van der Waals surface area contributed by atoms with Gasteiger partial charge < -0.3 is 9.84 Å². The zero-order valence-corrected chi connectivity index (χ0v) is 4.85. The molecule has 0 aromatic carbocycles. The van der Waals surface area contributed by atoms with E-state index < -0.39 is 6.29 Å². The molecule has 1 atom stereocenters. The summed E-state index contributed by atoms with van der Waals surface area (Å²) in [4.78, 5) is 0. The van der Waals surface area contributed by atoms with Crippen molar-refractivity contribution >= 4 is 0 Å². The van der Waals surface area contributed by atoms with E-state index in [-0.39, 0.29) is 0 Å². The van der Waals surface area contributed by atoms with Crippen LogP contribution in [0.5, 0.6) is 0 Å². The van der Waals surface area contributed by atoms with Crippen LogP contribution in [-0.2, 0) is 4.74 Å². The average Bonchev–Trinajstić information content (AvgIpc) is 1.68. The summed E-state index contributed by atoms with van der Waals surface area (Å²) in [7, 11) is 1.50. The summed E-state index contributed by atoms with van der Waals surface area (Å²) in [6, 6.07) is 0. The molecule has 0 saturated heterocycles. The molecular formula is C5H12O2. The highest BCUT2D eigenvalue weighted by Crippen LogP contribution is 1.93. The third-order valence-corrected chi connectivity index (χ3v) is 0.808. The van der Waals surface area contributed by atoms with E-state index in [4.69, 9.17) is 5.11 Å². The van der Waals surface area contributed by atoms with Gasteiger partial charge in [0.05, 0.1) is 0 Å². The largest absolute Gasteiger partial charge is 0.368 e. The highest BCUT2D eigenvalue weighted by Gasteiger charge is 1.94. The van der Waals surface area contributed by atoms with E-state index >= 15 is 0 Å². The number of methoxy groups -OCH3 is 1. The lowest BCUT2D eigenvalue weighted by Crippen LogP contribution is -2.06. The molecule has 0 aliphatic rings. The Hall–Kier alpha value is -0.0800. The van der Waals surface area contributed by atoms with Crippen LogP contribution in [0.4, 0.5) is 0 Å². The molecule has 0 aromatic rings. The molecule has 0 aromatic heterocycles. The van der Waals surface area contributed by atoms with E-state index in [0.717, 1.165) is 12.8 Å². The van der Waals surface area contributed by atoms with E-state index in [2.05, 4.69) is 4.74 Å². The monoisotopic (exact) mass is 104 g/mol. The summed E-state index contributed by atoms with van der Waals surface area (Å²) < 4.78 is 4.55. The fourth-order valence-corrected chi connectivity index (χ4v) is 0.365. The van der Waals surface area contributed by atoms with E-state index in [1.807, 2.05) is 6.92 Å². The second-order valence-electron chi connectivity index (χ2n) is 1.48. The van der Waals surface area contributed by atoms with Crippen LogP contribution >= 0.6 is 0 Å². The first-order valence-electron chi connectivity index (χ1n) is 2.52. The molecule has 0 heterocycles. The second kappa shape index (κ2) is 4.09. The molecule has 2 nitrogen and oxygen atoms in total. The number of rotatable bonds is 3. The number of hydrogen-bond donors (Lipinski definition) is 1. The van der Waals surface area contributed by atoms with Crippen molar-refractivity contribution in [2.24, 2.45) is 0 Å². The van der Waals surface area contributed by atoms with Gasteiger partial charge in [-0.2, -0.15) is 0 Å². The second-order valence-corrected chi connectivity index (χ2v) is 1.48. The molecule has 1 N–H and O–H groups in total. The van der Waals surface area contributed by atoms with Gasteiger partial charge in [-0.1, -0.05) is 13.3 Å². The Labute approximate surface area is 44.1 Å².